The SMILES string of the molecule is Cc1cc(Br)ccc1C(=O)N1C[C@H]2C[C@@H]1CO2. The molecular formula is C13H14BrNO2. The normalized spacial score (nSPS) is 26.6. The number of nitrogens with zero attached hydrogens (tertiary/aromatic N) is 1. The summed E-state index contributed by atoms with van der Waals surface area (Å²) in [7, 11) is 0. The molecule has 3 rings (SSSR count). The Morgan fingerprint density at radius 1 is 1.53 bits per heavy atom. The zero-order valence-electron chi connectivity index (χ0n) is 9.65. The lowest BCUT2D eigenvalue weighted by Crippen LogP contribution is -2.41. The highest BCUT2D eigenvalue weighted by Gasteiger charge is 2.41. The van der Waals surface area contributed by atoms with Crippen molar-refractivity contribution in [1.82, 2.24) is 4.90 Å². The van der Waals surface area contributed by atoms with Crippen molar-refractivity contribution in [1.29, 1.82) is 0 Å². The van der Waals surface area contributed by atoms with Crippen LogP contribution >= 0.6 is 15.9 Å². The van der Waals surface area contributed by atoms with E-state index in [-0.39, 0.29) is 18.1 Å². The predicted molar refractivity (Wildman–Crippen MR) is 68.1 cm³/mol. The molecule has 90 valence electrons. The lowest BCUT2D eigenvalue weighted by Gasteiger charge is -2.27. The second kappa shape index (κ2) is 4.10. The van der Waals surface area contributed by atoms with E-state index in [0.29, 0.717) is 6.61 Å². The summed E-state index contributed by atoms with van der Waals surface area (Å²) in [6.07, 6.45) is 1.26. The molecule has 17 heavy (non-hydrogen) atoms. The van der Waals surface area contributed by atoms with Gasteiger partial charge in [-0.2, -0.15) is 0 Å². The smallest absolute Gasteiger partial charge is 0.254 e. The summed E-state index contributed by atoms with van der Waals surface area (Å²) in [6, 6.07) is 6.09. The summed E-state index contributed by atoms with van der Waals surface area (Å²) in [5, 5.41) is 0. The second-order valence-corrected chi connectivity index (χ2v) is 5.68. The lowest BCUT2D eigenvalue weighted by atomic mass is 10.1. The number of halogens is 1. The van der Waals surface area contributed by atoms with Gasteiger partial charge in [0, 0.05) is 16.6 Å². The van der Waals surface area contributed by atoms with Crippen LogP contribution in [0.2, 0.25) is 0 Å². The first-order chi connectivity index (χ1) is 8.15. The molecule has 2 heterocycles. The van der Waals surface area contributed by atoms with Crippen LogP contribution in [-0.2, 0) is 4.74 Å². The van der Waals surface area contributed by atoms with E-state index >= 15 is 0 Å². The van der Waals surface area contributed by atoms with Crippen molar-refractivity contribution in [2.24, 2.45) is 0 Å². The highest BCUT2D eigenvalue weighted by atomic mass is 79.9. The van der Waals surface area contributed by atoms with Gasteiger partial charge in [-0.05, 0) is 37.1 Å². The average molecular weight is 296 g/mol. The van der Waals surface area contributed by atoms with Crippen LogP contribution in [0.5, 0.6) is 0 Å². The maximum atomic E-state index is 12.4. The van der Waals surface area contributed by atoms with E-state index in [1.54, 1.807) is 0 Å². The van der Waals surface area contributed by atoms with Crippen molar-refractivity contribution in [3.8, 4) is 0 Å². The molecule has 1 aromatic carbocycles. The van der Waals surface area contributed by atoms with E-state index < -0.39 is 0 Å². The van der Waals surface area contributed by atoms with Gasteiger partial charge >= 0.3 is 0 Å². The maximum Gasteiger partial charge on any atom is 0.254 e. The van der Waals surface area contributed by atoms with Crippen LogP contribution < -0.4 is 0 Å². The molecule has 0 unspecified atom stereocenters. The molecule has 1 aromatic rings. The standard InChI is InChI=1S/C13H14BrNO2/c1-8-4-9(14)2-3-12(8)13(16)15-6-11-5-10(15)7-17-11/h2-4,10-11H,5-7H2,1H3/t10-,11-/m1/s1. The number of likely N-dealkylation sites (tertiary alicyclic amines) is 1. The molecule has 2 saturated heterocycles. The Kier molecular flexibility index (Phi) is 2.71. The third-order valence-electron chi connectivity index (χ3n) is 3.58. The van der Waals surface area contributed by atoms with Crippen molar-refractivity contribution in [2.75, 3.05) is 13.2 Å². The quantitative estimate of drug-likeness (QED) is 0.796. The fraction of sp³-hybridized carbons (Fsp3) is 0.462. The van der Waals surface area contributed by atoms with Crippen LogP contribution in [0.3, 0.4) is 0 Å². The van der Waals surface area contributed by atoms with Gasteiger partial charge in [-0.25, -0.2) is 0 Å². The third kappa shape index (κ3) is 1.89. The van der Waals surface area contributed by atoms with Gasteiger partial charge in [0.15, 0.2) is 0 Å². The van der Waals surface area contributed by atoms with Crippen molar-refractivity contribution in [3.05, 3.63) is 33.8 Å². The number of hydrogen-bond acceptors (Lipinski definition) is 2. The summed E-state index contributed by atoms with van der Waals surface area (Å²) < 4.78 is 6.53. The van der Waals surface area contributed by atoms with Gasteiger partial charge in [0.2, 0.25) is 0 Å². The molecule has 3 nitrogen and oxygen atoms in total. The summed E-state index contributed by atoms with van der Waals surface area (Å²) >= 11 is 3.42. The van der Waals surface area contributed by atoms with Gasteiger partial charge in [0.25, 0.3) is 5.91 Å². The summed E-state index contributed by atoms with van der Waals surface area (Å²) in [5.74, 6) is 0.144. The van der Waals surface area contributed by atoms with Gasteiger partial charge in [0.1, 0.15) is 0 Å². The first-order valence-electron chi connectivity index (χ1n) is 5.84. The Balaban J connectivity index is 1.87. The summed E-state index contributed by atoms with van der Waals surface area (Å²) in [6.45, 7) is 3.42. The molecule has 0 radical (unpaired) electrons. The highest BCUT2D eigenvalue weighted by molar-refractivity contribution is 9.10. The summed E-state index contributed by atoms with van der Waals surface area (Å²) in [5.41, 5.74) is 1.83. The fourth-order valence-electron chi connectivity index (χ4n) is 2.67. The number of benzene rings is 1. The summed E-state index contributed by atoms with van der Waals surface area (Å²) in [4.78, 5) is 14.4. The number of carbonyl (C=O) groups excluding carboxylic acids is 1. The number of morpholine rings is 1. The average Bonchev–Trinajstić information content (AvgIpc) is 2.89. The van der Waals surface area contributed by atoms with Gasteiger partial charge < -0.3 is 9.64 Å². The molecule has 2 bridgehead atoms. The van der Waals surface area contributed by atoms with Gasteiger partial charge in [-0.15, -0.1) is 0 Å². The van der Waals surface area contributed by atoms with Crippen LogP contribution in [0.25, 0.3) is 0 Å². The molecular weight excluding hydrogens is 282 g/mol. The Morgan fingerprint density at radius 2 is 2.35 bits per heavy atom. The van der Waals surface area contributed by atoms with Crippen LogP contribution in [0.1, 0.15) is 22.3 Å². The molecule has 0 N–H and O–H groups in total. The molecule has 2 fully saturated rings. The molecule has 2 aliphatic rings. The highest BCUT2D eigenvalue weighted by Crippen LogP contribution is 2.30. The van der Waals surface area contributed by atoms with Crippen LogP contribution in [0.15, 0.2) is 22.7 Å². The largest absolute Gasteiger partial charge is 0.374 e. The second-order valence-electron chi connectivity index (χ2n) is 4.76. The monoisotopic (exact) mass is 295 g/mol. The first-order valence-corrected chi connectivity index (χ1v) is 6.63. The third-order valence-corrected chi connectivity index (χ3v) is 4.07. The number of hydrogen-bond donors (Lipinski definition) is 0. The number of fused-ring (bicyclic) bond motifs is 2. The van der Waals surface area contributed by atoms with Gasteiger partial charge in [0.05, 0.1) is 18.8 Å². The first kappa shape index (κ1) is 11.2. The Bertz CT molecular complexity index is 474. The van der Waals surface area contributed by atoms with Crippen LogP contribution in [0, 0.1) is 6.92 Å². The molecule has 2 aliphatic heterocycles. The molecule has 0 spiro atoms. The zero-order chi connectivity index (χ0) is 12.0. The maximum absolute atomic E-state index is 12.4. The Labute approximate surface area is 109 Å². The van der Waals surface area contributed by atoms with E-state index in [0.717, 1.165) is 28.6 Å². The van der Waals surface area contributed by atoms with E-state index in [4.69, 9.17) is 4.74 Å². The number of amides is 1. The molecule has 0 aromatic heterocycles. The number of aryl methyl sites for hydroxylation is 1. The van der Waals surface area contributed by atoms with E-state index in [1.165, 1.54) is 0 Å². The van der Waals surface area contributed by atoms with Crippen molar-refractivity contribution in [2.45, 2.75) is 25.5 Å². The minimum Gasteiger partial charge on any atom is -0.374 e. The zero-order valence-corrected chi connectivity index (χ0v) is 11.2. The Hall–Kier alpha value is -0.870. The van der Waals surface area contributed by atoms with Crippen molar-refractivity contribution >= 4 is 21.8 Å². The minimum atomic E-state index is 0.144. The number of carbonyl (C=O) groups is 1. The van der Waals surface area contributed by atoms with E-state index in [1.807, 2.05) is 30.0 Å². The molecule has 4 heteroatoms. The molecule has 0 saturated carbocycles. The lowest BCUT2D eigenvalue weighted by molar-refractivity contribution is 0.0258. The predicted octanol–water partition coefficient (Wildman–Crippen LogP) is 2.37. The van der Waals surface area contributed by atoms with Crippen LogP contribution in [-0.4, -0.2) is 36.1 Å². The Morgan fingerprint density at radius 3 is 2.94 bits per heavy atom. The number of ether oxygens (including phenoxy) is 1. The number of rotatable bonds is 1. The topological polar surface area (TPSA) is 29.5 Å². The van der Waals surface area contributed by atoms with Crippen molar-refractivity contribution in [3.63, 3.8) is 0 Å². The van der Waals surface area contributed by atoms with Gasteiger partial charge in [-0.3, -0.25) is 4.79 Å². The molecule has 1 amide bonds. The van der Waals surface area contributed by atoms with E-state index in [9.17, 15) is 4.79 Å². The molecule has 0 aliphatic carbocycles. The molecule has 2 atom stereocenters. The van der Waals surface area contributed by atoms with Crippen molar-refractivity contribution < 1.29 is 9.53 Å². The van der Waals surface area contributed by atoms with Crippen LogP contribution in [0.4, 0.5) is 0 Å². The van der Waals surface area contributed by atoms with E-state index in [2.05, 4.69) is 15.9 Å². The van der Waals surface area contributed by atoms with Gasteiger partial charge in [-0.1, -0.05) is 15.9 Å². The fourth-order valence-corrected chi connectivity index (χ4v) is 3.15. The minimum absolute atomic E-state index is 0.144.